The second kappa shape index (κ2) is 7.02. The fraction of sp³-hybridized carbons (Fsp3) is 0.333. The molecular weight excluding hydrogens is 386 g/mol. The number of rotatable bonds is 5. The molecule has 0 bridgehead atoms. The van der Waals surface area contributed by atoms with Crippen LogP contribution in [0.15, 0.2) is 39.3 Å². The molecule has 0 aliphatic heterocycles. The third kappa shape index (κ3) is 3.69. The highest BCUT2D eigenvalue weighted by molar-refractivity contribution is 9.11. The summed E-state index contributed by atoms with van der Waals surface area (Å²) >= 11 is 9.12. The van der Waals surface area contributed by atoms with Crippen LogP contribution in [-0.2, 0) is 6.42 Å². The van der Waals surface area contributed by atoms with E-state index in [2.05, 4.69) is 81.4 Å². The van der Waals surface area contributed by atoms with E-state index in [9.17, 15) is 0 Å². The smallest absolute Gasteiger partial charge is 0.0682 e. The Hall–Kier alpha value is -0.160. The predicted molar refractivity (Wildman–Crippen MR) is 91.1 cm³/mol. The van der Waals surface area contributed by atoms with Gasteiger partial charge in [-0.1, -0.05) is 45.7 Å². The molecule has 1 aromatic carbocycles. The van der Waals surface area contributed by atoms with Crippen LogP contribution in [-0.4, -0.2) is 6.54 Å². The van der Waals surface area contributed by atoms with Gasteiger partial charge in [0.15, 0.2) is 0 Å². The van der Waals surface area contributed by atoms with Crippen LogP contribution in [0.25, 0.3) is 0 Å². The third-order valence-electron chi connectivity index (χ3n) is 2.99. The SMILES string of the molecule is CCNC(c1ccc(CC)s1)c1cc(Br)ccc1Br. The summed E-state index contributed by atoms with van der Waals surface area (Å²) in [5, 5.41) is 3.58. The van der Waals surface area contributed by atoms with Gasteiger partial charge >= 0.3 is 0 Å². The van der Waals surface area contributed by atoms with Crippen molar-refractivity contribution >= 4 is 43.2 Å². The third-order valence-corrected chi connectivity index (χ3v) is 5.50. The molecule has 0 fully saturated rings. The lowest BCUT2D eigenvalue weighted by Crippen LogP contribution is -2.21. The molecule has 0 aliphatic carbocycles. The van der Waals surface area contributed by atoms with Gasteiger partial charge in [-0.05, 0) is 48.9 Å². The summed E-state index contributed by atoms with van der Waals surface area (Å²) in [5.74, 6) is 0. The van der Waals surface area contributed by atoms with Gasteiger partial charge in [0.25, 0.3) is 0 Å². The molecule has 0 saturated heterocycles. The van der Waals surface area contributed by atoms with Crippen molar-refractivity contribution in [2.45, 2.75) is 26.3 Å². The molecule has 1 unspecified atom stereocenters. The average molecular weight is 403 g/mol. The highest BCUT2D eigenvalue weighted by atomic mass is 79.9. The quantitative estimate of drug-likeness (QED) is 0.692. The van der Waals surface area contributed by atoms with Gasteiger partial charge in [0.05, 0.1) is 6.04 Å². The van der Waals surface area contributed by atoms with Crippen LogP contribution in [0.3, 0.4) is 0 Å². The molecule has 1 atom stereocenters. The van der Waals surface area contributed by atoms with Crippen molar-refractivity contribution < 1.29 is 0 Å². The lowest BCUT2D eigenvalue weighted by atomic mass is 10.1. The van der Waals surface area contributed by atoms with Gasteiger partial charge in [-0.3, -0.25) is 0 Å². The van der Waals surface area contributed by atoms with Gasteiger partial charge in [-0.25, -0.2) is 0 Å². The zero-order valence-corrected chi connectivity index (χ0v) is 15.0. The summed E-state index contributed by atoms with van der Waals surface area (Å²) in [6.45, 7) is 5.29. The molecule has 0 radical (unpaired) electrons. The molecule has 19 heavy (non-hydrogen) atoms. The molecule has 2 aromatic rings. The van der Waals surface area contributed by atoms with E-state index in [0.717, 1.165) is 21.9 Å². The minimum atomic E-state index is 0.252. The zero-order chi connectivity index (χ0) is 13.8. The molecule has 0 aliphatic rings. The number of benzene rings is 1. The van der Waals surface area contributed by atoms with Gasteiger partial charge in [-0.15, -0.1) is 11.3 Å². The molecule has 4 heteroatoms. The van der Waals surface area contributed by atoms with Crippen LogP contribution in [0.4, 0.5) is 0 Å². The summed E-state index contributed by atoms with van der Waals surface area (Å²) in [7, 11) is 0. The lowest BCUT2D eigenvalue weighted by Gasteiger charge is -2.19. The maximum absolute atomic E-state index is 3.67. The second-order valence-electron chi connectivity index (χ2n) is 4.31. The van der Waals surface area contributed by atoms with Crippen molar-refractivity contribution in [3.63, 3.8) is 0 Å². The molecule has 0 saturated carbocycles. The summed E-state index contributed by atoms with van der Waals surface area (Å²) in [4.78, 5) is 2.81. The lowest BCUT2D eigenvalue weighted by molar-refractivity contribution is 0.637. The van der Waals surface area contributed by atoms with Crippen LogP contribution in [0.2, 0.25) is 0 Å². The fourth-order valence-corrected chi connectivity index (χ4v) is 3.95. The van der Waals surface area contributed by atoms with Crippen molar-refractivity contribution in [3.8, 4) is 0 Å². The first kappa shape index (κ1) is 15.2. The Morgan fingerprint density at radius 3 is 2.58 bits per heavy atom. The monoisotopic (exact) mass is 401 g/mol. The number of thiophene rings is 1. The molecule has 0 amide bonds. The molecule has 1 heterocycles. The summed E-state index contributed by atoms with van der Waals surface area (Å²) in [5.41, 5.74) is 1.28. The van der Waals surface area contributed by atoms with Gasteiger partial charge in [0, 0.05) is 18.7 Å². The van der Waals surface area contributed by atoms with Gasteiger partial charge in [0.1, 0.15) is 0 Å². The summed E-state index contributed by atoms with van der Waals surface area (Å²) in [6.07, 6.45) is 1.10. The van der Waals surface area contributed by atoms with E-state index in [-0.39, 0.29) is 6.04 Å². The van der Waals surface area contributed by atoms with Crippen molar-refractivity contribution in [2.75, 3.05) is 6.54 Å². The minimum absolute atomic E-state index is 0.252. The minimum Gasteiger partial charge on any atom is -0.306 e. The molecule has 2 rings (SSSR count). The Morgan fingerprint density at radius 2 is 1.95 bits per heavy atom. The summed E-state index contributed by atoms with van der Waals surface area (Å²) in [6, 6.07) is 11.1. The van der Waals surface area contributed by atoms with E-state index < -0.39 is 0 Å². The maximum Gasteiger partial charge on any atom is 0.0682 e. The van der Waals surface area contributed by atoms with Crippen LogP contribution >= 0.6 is 43.2 Å². The Kier molecular flexibility index (Phi) is 5.63. The predicted octanol–water partition coefficient (Wildman–Crippen LogP) is 5.53. The highest BCUT2D eigenvalue weighted by Gasteiger charge is 2.18. The molecule has 102 valence electrons. The number of halogens is 2. The maximum atomic E-state index is 3.67. The summed E-state index contributed by atoms with van der Waals surface area (Å²) < 4.78 is 2.26. The van der Waals surface area contributed by atoms with E-state index in [1.165, 1.54) is 15.3 Å². The van der Waals surface area contributed by atoms with Gasteiger partial charge in [0.2, 0.25) is 0 Å². The highest BCUT2D eigenvalue weighted by Crippen LogP contribution is 2.34. The number of hydrogen-bond donors (Lipinski definition) is 1. The normalized spacial score (nSPS) is 12.6. The van der Waals surface area contributed by atoms with E-state index in [1.54, 1.807) is 0 Å². The number of aryl methyl sites for hydroxylation is 1. The van der Waals surface area contributed by atoms with Crippen molar-refractivity contribution in [2.24, 2.45) is 0 Å². The standard InChI is InChI=1S/C15H17Br2NS/c1-3-11-6-8-14(19-11)15(18-4-2)12-9-10(16)5-7-13(12)17/h5-9,15,18H,3-4H2,1-2H3. The van der Waals surface area contributed by atoms with E-state index in [4.69, 9.17) is 0 Å². The first-order chi connectivity index (χ1) is 9.15. The molecule has 0 spiro atoms. The zero-order valence-electron chi connectivity index (χ0n) is 11.0. The van der Waals surface area contributed by atoms with Crippen LogP contribution in [0.1, 0.15) is 35.2 Å². The fourth-order valence-electron chi connectivity index (χ4n) is 2.04. The van der Waals surface area contributed by atoms with Crippen molar-refractivity contribution in [1.29, 1.82) is 0 Å². The van der Waals surface area contributed by atoms with Gasteiger partial charge in [-0.2, -0.15) is 0 Å². The topological polar surface area (TPSA) is 12.0 Å². The van der Waals surface area contributed by atoms with Crippen molar-refractivity contribution in [1.82, 2.24) is 5.32 Å². The Bertz CT molecular complexity index is 551. The second-order valence-corrected chi connectivity index (χ2v) is 7.28. The molecule has 1 nitrogen and oxygen atoms in total. The largest absolute Gasteiger partial charge is 0.306 e. The average Bonchev–Trinajstić information content (AvgIpc) is 2.88. The van der Waals surface area contributed by atoms with Crippen LogP contribution in [0.5, 0.6) is 0 Å². The van der Waals surface area contributed by atoms with E-state index in [0.29, 0.717) is 0 Å². The number of nitrogens with one attached hydrogen (secondary N) is 1. The molecule has 1 N–H and O–H groups in total. The Labute approximate surface area is 135 Å². The van der Waals surface area contributed by atoms with Crippen molar-refractivity contribution in [3.05, 3.63) is 54.6 Å². The molecular formula is C15H17Br2NS. The molecule has 1 aromatic heterocycles. The first-order valence-electron chi connectivity index (χ1n) is 6.42. The number of hydrogen-bond acceptors (Lipinski definition) is 2. The Balaban J connectivity index is 2.41. The first-order valence-corrected chi connectivity index (χ1v) is 8.82. The van der Waals surface area contributed by atoms with Crippen LogP contribution in [0, 0.1) is 0 Å². The Morgan fingerprint density at radius 1 is 1.16 bits per heavy atom. The van der Waals surface area contributed by atoms with E-state index in [1.807, 2.05) is 11.3 Å². The van der Waals surface area contributed by atoms with E-state index >= 15 is 0 Å². The van der Waals surface area contributed by atoms with Gasteiger partial charge < -0.3 is 5.32 Å². The van der Waals surface area contributed by atoms with Crippen LogP contribution < -0.4 is 5.32 Å².